The van der Waals surface area contributed by atoms with Gasteiger partial charge >= 0.3 is 0 Å². The maximum Gasteiger partial charge on any atom is 0.138 e. The summed E-state index contributed by atoms with van der Waals surface area (Å²) in [5.41, 5.74) is 1.16. The van der Waals surface area contributed by atoms with Gasteiger partial charge in [0.15, 0.2) is 0 Å². The summed E-state index contributed by atoms with van der Waals surface area (Å²) in [6, 6.07) is 4.16. The fourth-order valence-corrected chi connectivity index (χ4v) is 2.26. The fourth-order valence-electron chi connectivity index (χ4n) is 2.26. The molecule has 1 aromatic heterocycles. The van der Waals surface area contributed by atoms with Crippen LogP contribution in [0.3, 0.4) is 0 Å². The lowest BCUT2D eigenvalue weighted by atomic mass is 10.0. The third-order valence-corrected chi connectivity index (χ3v) is 3.70. The first-order chi connectivity index (χ1) is 8.79. The average Bonchev–Trinajstić information content (AvgIpc) is 2.67. The van der Waals surface area contributed by atoms with Crippen LogP contribution in [0.5, 0.6) is 5.75 Å². The molecule has 1 aliphatic rings. The minimum absolute atomic E-state index is 0.344. The van der Waals surface area contributed by atoms with E-state index in [1.165, 1.54) is 6.42 Å². The molecule has 1 aromatic rings. The Morgan fingerprint density at radius 3 is 3.00 bits per heavy atom. The smallest absolute Gasteiger partial charge is 0.138 e. The molecule has 100 valence electrons. The molecule has 2 heterocycles. The third-order valence-electron chi connectivity index (χ3n) is 3.70. The summed E-state index contributed by atoms with van der Waals surface area (Å²) < 4.78 is 6.00. The Kier molecular flexibility index (Phi) is 5.00. The normalized spacial score (nSPS) is 22.2. The molecule has 0 saturated carbocycles. The van der Waals surface area contributed by atoms with E-state index in [2.05, 4.69) is 36.3 Å². The summed E-state index contributed by atoms with van der Waals surface area (Å²) in [6.07, 6.45) is 6.77. The van der Waals surface area contributed by atoms with Crippen molar-refractivity contribution >= 4 is 0 Å². The summed E-state index contributed by atoms with van der Waals surface area (Å²) in [7, 11) is 0. The van der Waals surface area contributed by atoms with E-state index in [9.17, 15) is 0 Å². The third kappa shape index (κ3) is 3.70. The van der Waals surface area contributed by atoms with E-state index in [-0.39, 0.29) is 0 Å². The summed E-state index contributed by atoms with van der Waals surface area (Å²) in [6.45, 7) is 6.57. The Balaban J connectivity index is 1.92. The number of ether oxygens (including phenoxy) is 1. The average molecular weight is 248 g/mol. The molecule has 2 atom stereocenters. The quantitative estimate of drug-likeness (QED) is 0.889. The van der Waals surface area contributed by atoms with Crippen LogP contribution in [0.15, 0.2) is 18.3 Å². The number of hydrogen-bond donors (Lipinski definition) is 1. The fraction of sp³-hybridized carbons (Fsp3) is 0.667. The van der Waals surface area contributed by atoms with Crippen LogP contribution in [-0.4, -0.2) is 24.2 Å². The van der Waals surface area contributed by atoms with Crippen molar-refractivity contribution in [3.8, 4) is 5.75 Å². The molecule has 0 bridgehead atoms. The van der Waals surface area contributed by atoms with Crippen molar-refractivity contribution in [1.82, 2.24) is 10.3 Å². The summed E-state index contributed by atoms with van der Waals surface area (Å²) in [4.78, 5) is 4.50. The van der Waals surface area contributed by atoms with Crippen LogP contribution >= 0.6 is 0 Å². The van der Waals surface area contributed by atoms with Gasteiger partial charge in [-0.25, -0.2) is 0 Å². The molecular formula is C15H24N2O. The van der Waals surface area contributed by atoms with Crippen molar-refractivity contribution in [2.24, 2.45) is 0 Å². The summed E-state index contributed by atoms with van der Waals surface area (Å²) >= 11 is 0. The Hall–Kier alpha value is -1.09. The van der Waals surface area contributed by atoms with E-state index in [0.29, 0.717) is 12.0 Å². The van der Waals surface area contributed by atoms with Crippen LogP contribution < -0.4 is 10.1 Å². The molecule has 0 amide bonds. The SMILES string of the molecule is CCC(C)c1ccc(OC2CCCNCC2)cn1. The van der Waals surface area contributed by atoms with Crippen molar-refractivity contribution in [2.75, 3.05) is 13.1 Å². The highest BCUT2D eigenvalue weighted by Gasteiger charge is 2.13. The lowest BCUT2D eigenvalue weighted by Crippen LogP contribution is -2.19. The van der Waals surface area contributed by atoms with Gasteiger partial charge in [-0.2, -0.15) is 0 Å². The first-order valence-corrected chi connectivity index (χ1v) is 7.13. The van der Waals surface area contributed by atoms with Gasteiger partial charge in [0.2, 0.25) is 0 Å². The van der Waals surface area contributed by atoms with Crippen LogP contribution in [0.4, 0.5) is 0 Å². The van der Waals surface area contributed by atoms with Crippen molar-refractivity contribution in [1.29, 1.82) is 0 Å². The number of nitrogens with one attached hydrogen (secondary N) is 1. The summed E-state index contributed by atoms with van der Waals surface area (Å²) in [5.74, 6) is 1.44. The predicted molar refractivity (Wildman–Crippen MR) is 74.1 cm³/mol. The monoisotopic (exact) mass is 248 g/mol. The second kappa shape index (κ2) is 6.74. The molecule has 1 aliphatic heterocycles. The Morgan fingerprint density at radius 2 is 2.28 bits per heavy atom. The van der Waals surface area contributed by atoms with E-state index in [4.69, 9.17) is 4.74 Å². The topological polar surface area (TPSA) is 34.1 Å². The molecule has 0 aliphatic carbocycles. The maximum absolute atomic E-state index is 6.00. The molecular weight excluding hydrogens is 224 g/mol. The zero-order valence-corrected chi connectivity index (χ0v) is 11.5. The van der Waals surface area contributed by atoms with E-state index in [1.807, 2.05) is 6.20 Å². The van der Waals surface area contributed by atoms with Gasteiger partial charge in [-0.15, -0.1) is 0 Å². The lowest BCUT2D eigenvalue weighted by Gasteiger charge is -2.17. The molecule has 0 radical (unpaired) electrons. The number of nitrogens with zero attached hydrogens (tertiary/aromatic N) is 1. The molecule has 18 heavy (non-hydrogen) atoms. The van der Waals surface area contributed by atoms with Gasteiger partial charge in [-0.3, -0.25) is 4.98 Å². The van der Waals surface area contributed by atoms with Crippen molar-refractivity contribution in [3.63, 3.8) is 0 Å². The van der Waals surface area contributed by atoms with E-state index in [0.717, 1.165) is 43.8 Å². The van der Waals surface area contributed by atoms with Gasteiger partial charge in [0.25, 0.3) is 0 Å². The summed E-state index contributed by atoms with van der Waals surface area (Å²) in [5, 5.41) is 3.40. The van der Waals surface area contributed by atoms with Gasteiger partial charge in [-0.1, -0.05) is 13.8 Å². The van der Waals surface area contributed by atoms with Crippen LogP contribution in [0.25, 0.3) is 0 Å². The second-order valence-corrected chi connectivity index (χ2v) is 5.15. The van der Waals surface area contributed by atoms with Gasteiger partial charge in [-0.05, 0) is 56.8 Å². The number of rotatable bonds is 4. The first-order valence-electron chi connectivity index (χ1n) is 7.13. The molecule has 2 rings (SSSR count). The standard InChI is InChI=1S/C15H24N2O/c1-3-12(2)15-7-6-14(11-17-15)18-13-5-4-9-16-10-8-13/h6-7,11-13,16H,3-5,8-10H2,1-2H3. The van der Waals surface area contributed by atoms with Crippen LogP contribution in [0.2, 0.25) is 0 Å². The van der Waals surface area contributed by atoms with Crippen molar-refractivity contribution in [3.05, 3.63) is 24.0 Å². The van der Waals surface area contributed by atoms with E-state index >= 15 is 0 Å². The number of hydrogen-bond acceptors (Lipinski definition) is 3. The van der Waals surface area contributed by atoms with E-state index < -0.39 is 0 Å². The Bertz CT molecular complexity index is 342. The Labute approximate surface area is 110 Å². The van der Waals surface area contributed by atoms with Crippen molar-refractivity contribution in [2.45, 2.75) is 51.6 Å². The van der Waals surface area contributed by atoms with Crippen LogP contribution in [0, 0.1) is 0 Å². The molecule has 1 fully saturated rings. The highest BCUT2D eigenvalue weighted by molar-refractivity contribution is 5.21. The highest BCUT2D eigenvalue weighted by Crippen LogP contribution is 2.20. The molecule has 0 aromatic carbocycles. The van der Waals surface area contributed by atoms with Crippen LogP contribution in [0.1, 0.15) is 51.1 Å². The Morgan fingerprint density at radius 1 is 1.39 bits per heavy atom. The lowest BCUT2D eigenvalue weighted by molar-refractivity contribution is 0.186. The van der Waals surface area contributed by atoms with Gasteiger partial charge in [0.1, 0.15) is 11.9 Å². The minimum atomic E-state index is 0.344. The minimum Gasteiger partial charge on any atom is -0.489 e. The van der Waals surface area contributed by atoms with Gasteiger partial charge in [0, 0.05) is 5.69 Å². The molecule has 2 unspecified atom stereocenters. The van der Waals surface area contributed by atoms with E-state index in [1.54, 1.807) is 0 Å². The first kappa shape index (κ1) is 13.3. The number of pyridine rings is 1. The molecule has 3 heteroatoms. The zero-order chi connectivity index (χ0) is 12.8. The molecule has 1 saturated heterocycles. The largest absolute Gasteiger partial charge is 0.489 e. The predicted octanol–water partition coefficient (Wildman–Crippen LogP) is 3.12. The molecule has 0 spiro atoms. The maximum atomic E-state index is 6.00. The zero-order valence-electron chi connectivity index (χ0n) is 11.5. The second-order valence-electron chi connectivity index (χ2n) is 5.15. The molecule has 1 N–H and O–H groups in total. The molecule has 3 nitrogen and oxygen atoms in total. The highest BCUT2D eigenvalue weighted by atomic mass is 16.5. The van der Waals surface area contributed by atoms with Gasteiger partial charge < -0.3 is 10.1 Å². The van der Waals surface area contributed by atoms with Gasteiger partial charge in [0.05, 0.1) is 6.20 Å². The number of aromatic nitrogens is 1. The van der Waals surface area contributed by atoms with Crippen LogP contribution in [-0.2, 0) is 0 Å². The van der Waals surface area contributed by atoms with Crippen molar-refractivity contribution < 1.29 is 4.74 Å².